The van der Waals surface area contributed by atoms with E-state index in [0.29, 0.717) is 16.7 Å². The van der Waals surface area contributed by atoms with Crippen molar-refractivity contribution in [3.05, 3.63) is 0 Å². The Balaban J connectivity index is 1.72. The first-order valence-electron chi connectivity index (χ1n) is 9.55. The molecule has 0 aromatic rings. The predicted octanol–water partition coefficient (Wildman–Crippen LogP) is 5.67. The van der Waals surface area contributed by atoms with Crippen LogP contribution in [0.5, 0.6) is 0 Å². The molecule has 116 valence electrons. The predicted molar refractivity (Wildman–Crippen MR) is 88.7 cm³/mol. The zero-order chi connectivity index (χ0) is 14.7. The molecule has 0 aliphatic heterocycles. The van der Waals surface area contributed by atoms with Crippen molar-refractivity contribution in [2.45, 2.75) is 78.1 Å². The number of terminal acetylenes is 1. The van der Waals surface area contributed by atoms with Crippen LogP contribution in [-0.2, 0) is 0 Å². The molecule has 0 nitrogen and oxygen atoms in total. The fourth-order valence-electron chi connectivity index (χ4n) is 7.46. The summed E-state index contributed by atoms with van der Waals surface area (Å²) < 4.78 is 0. The minimum Gasteiger partial charge on any atom is -0.120 e. The highest BCUT2D eigenvalue weighted by Gasteiger charge is 2.59. The quantitative estimate of drug-likeness (QED) is 0.503. The lowest BCUT2D eigenvalue weighted by Gasteiger charge is -2.61. The first-order valence-corrected chi connectivity index (χ1v) is 9.55. The van der Waals surface area contributed by atoms with Crippen molar-refractivity contribution in [3.63, 3.8) is 0 Å². The first-order chi connectivity index (χ1) is 10.1. The Bertz CT molecular complexity index is 457. The van der Waals surface area contributed by atoms with Gasteiger partial charge in [-0.3, -0.25) is 0 Å². The summed E-state index contributed by atoms with van der Waals surface area (Å²) >= 11 is 0. The average molecular weight is 284 g/mol. The van der Waals surface area contributed by atoms with Gasteiger partial charge in [-0.1, -0.05) is 33.1 Å². The minimum atomic E-state index is 0.592. The lowest BCUT2D eigenvalue weighted by Crippen LogP contribution is -2.54. The Kier molecular flexibility index (Phi) is 3.22. The maximum atomic E-state index is 6.05. The van der Waals surface area contributed by atoms with Crippen molar-refractivity contribution < 1.29 is 0 Å². The molecule has 0 unspecified atom stereocenters. The maximum absolute atomic E-state index is 6.05. The molecule has 0 aromatic heterocycles. The molecule has 0 bridgehead atoms. The molecule has 4 saturated carbocycles. The number of hydrogen-bond acceptors (Lipinski definition) is 0. The molecule has 0 N–H and O–H groups in total. The SMILES string of the molecule is C#C[C@@H]1C[C@H]2CCCC[C@]2(C)[C@H]2CC[C@]3(C)CCC[C@H]3[C@H]12. The molecule has 0 amide bonds. The molecular weight excluding hydrogens is 252 g/mol. The molecule has 4 fully saturated rings. The monoisotopic (exact) mass is 284 g/mol. The van der Waals surface area contributed by atoms with E-state index in [-0.39, 0.29) is 0 Å². The summed E-state index contributed by atoms with van der Waals surface area (Å²) in [5.41, 5.74) is 1.26. The van der Waals surface area contributed by atoms with E-state index in [1.807, 2.05) is 0 Å². The van der Waals surface area contributed by atoms with E-state index in [9.17, 15) is 0 Å². The van der Waals surface area contributed by atoms with Crippen molar-refractivity contribution in [2.75, 3.05) is 0 Å². The van der Waals surface area contributed by atoms with Gasteiger partial charge < -0.3 is 0 Å². The summed E-state index contributed by atoms with van der Waals surface area (Å²) in [7, 11) is 0. The molecule has 21 heavy (non-hydrogen) atoms. The van der Waals surface area contributed by atoms with Gasteiger partial charge in [0.25, 0.3) is 0 Å². The molecule has 0 heterocycles. The smallest absolute Gasteiger partial charge is 0.0237 e. The van der Waals surface area contributed by atoms with E-state index in [0.717, 1.165) is 23.7 Å². The van der Waals surface area contributed by atoms with Gasteiger partial charge in [0.2, 0.25) is 0 Å². The third kappa shape index (κ3) is 1.89. The topological polar surface area (TPSA) is 0 Å². The molecule has 0 heteroatoms. The normalized spacial score (nSPS) is 56.0. The molecule has 7 atom stereocenters. The third-order valence-electron chi connectivity index (χ3n) is 8.63. The maximum Gasteiger partial charge on any atom is 0.0237 e. The summed E-state index contributed by atoms with van der Waals surface area (Å²) in [5, 5.41) is 0. The summed E-state index contributed by atoms with van der Waals surface area (Å²) in [6.07, 6.45) is 20.6. The highest BCUT2D eigenvalue weighted by molar-refractivity contribution is 5.14. The van der Waals surface area contributed by atoms with Crippen LogP contribution in [0.15, 0.2) is 0 Å². The Labute approximate surface area is 131 Å². The fourth-order valence-corrected chi connectivity index (χ4v) is 7.46. The van der Waals surface area contributed by atoms with Crippen LogP contribution < -0.4 is 0 Å². The Morgan fingerprint density at radius 1 is 0.905 bits per heavy atom. The van der Waals surface area contributed by atoms with Gasteiger partial charge in [0, 0.05) is 5.92 Å². The lowest BCUT2D eigenvalue weighted by molar-refractivity contribution is -0.119. The van der Waals surface area contributed by atoms with E-state index in [1.165, 1.54) is 64.2 Å². The zero-order valence-corrected chi connectivity index (χ0v) is 14.0. The molecule has 0 saturated heterocycles. The van der Waals surface area contributed by atoms with Gasteiger partial charge >= 0.3 is 0 Å². The molecule has 0 aromatic carbocycles. The van der Waals surface area contributed by atoms with E-state index in [1.54, 1.807) is 0 Å². The minimum absolute atomic E-state index is 0.592. The van der Waals surface area contributed by atoms with Crippen LogP contribution in [-0.4, -0.2) is 0 Å². The summed E-state index contributed by atoms with van der Waals surface area (Å²) in [5.74, 6) is 7.54. The van der Waals surface area contributed by atoms with Crippen LogP contribution in [0.25, 0.3) is 0 Å². The van der Waals surface area contributed by atoms with Crippen LogP contribution in [0.2, 0.25) is 0 Å². The van der Waals surface area contributed by atoms with E-state index in [2.05, 4.69) is 19.8 Å². The molecule has 4 rings (SSSR count). The Hall–Kier alpha value is -0.440. The molecule has 4 aliphatic rings. The number of hydrogen-bond donors (Lipinski definition) is 0. The van der Waals surface area contributed by atoms with Gasteiger partial charge in [-0.25, -0.2) is 0 Å². The average Bonchev–Trinajstić information content (AvgIpc) is 2.87. The van der Waals surface area contributed by atoms with Crippen molar-refractivity contribution in [1.82, 2.24) is 0 Å². The van der Waals surface area contributed by atoms with Crippen molar-refractivity contribution in [2.24, 2.45) is 40.4 Å². The number of rotatable bonds is 0. The second kappa shape index (κ2) is 4.78. The third-order valence-corrected chi connectivity index (χ3v) is 8.63. The van der Waals surface area contributed by atoms with Crippen LogP contribution in [0, 0.1) is 52.8 Å². The molecular formula is C21H32. The van der Waals surface area contributed by atoms with Crippen LogP contribution in [0.4, 0.5) is 0 Å². The summed E-state index contributed by atoms with van der Waals surface area (Å²) in [6, 6.07) is 0. The Morgan fingerprint density at radius 3 is 2.57 bits per heavy atom. The van der Waals surface area contributed by atoms with E-state index < -0.39 is 0 Å². The van der Waals surface area contributed by atoms with Gasteiger partial charge in [0.15, 0.2) is 0 Å². The highest BCUT2D eigenvalue weighted by Crippen LogP contribution is 2.67. The van der Waals surface area contributed by atoms with Crippen LogP contribution in [0.1, 0.15) is 78.1 Å². The molecule has 4 aliphatic carbocycles. The highest BCUT2D eigenvalue weighted by atomic mass is 14.6. The zero-order valence-electron chi connectivity index (χ0n) is 14.0. The van der Waals surface area contributed by atoms with Gasteiger partial charge in [-0.05, 0) is 79.4 Å². The standard InChI is InChI=1S/C21H32/c1-4-15-14-16-8-5-6-12-21(16,3)18-10-13-20(2)11-7-9-17(20)19(15)18/h1,15-19H,5-14H2,2-3H3/t15-,16-,17+,18+,19+,20+,21+/m1/s1. The first kappa shape index (κ1) is 14.2. The summed E-state index contributed by atoms with van der Waals surface area (Å²) in [6.45, 7) is 5.24. The van der Waals surface area contributed by atoms with Gasteiger partial charge in [-0.15, -0.1) is 12.3 Å². The van der Waals surface area contributed by atoms with Gasteiger partial charge in [0.05, 0.1) is 0 Å². The molecule has 0 radical (unpaired) electrons. The summed E-state index contributed by atoms with van der Waals surface area (Å²) in [4.78, 5) is 0. The van der Waals surface area contributed by atoms with Crippen molar-refractivity contribution >= 4 is 0 Å². The Morgan fingerprint density at radius 2 is 1.76 bits per heavy atom. The van der Waals surface area contributed by atoms with Crippen LogP contribution >= 0.6 is 0 Å². The number of fused-ring (bicyclic) bond motifs is 5. The fraction of sp³-hybridized carbons (Fsp3) is 0.905. The van der Waals surface area contributed by atoms with E-state index in [4.69, 9.17) is 6.42 Å². The lowest BCUT2D eigenvalue weighted by atomic mass is 9.43. The van der Waals surface area contributed by atoms with Crippen molar-refractivity contribution in [3.8, 4) is 12.3 Å². The largest absolute Gasteiger partial charge is 0.120 e. The van der Waals surface area contributed by atoms with E-state index >= 15 is 0 Å². The van der Waals surface area contributed by atoms with Crippen molar-refractivity contribution in [1.29, 1.82) is 0 Å². The van der Waals surface area contributed by atoms with Gasteiger partial charge in [0.1, 0.15) is 0 Å². The van der Waals surface area contributed by atoms with Gasteiger partial charge in [-0.2, -0.15) is 0 Å². The van der Waals surface area contributed by atoms with Crippen LogP contribution in [0.3, 0.4) is 0 Å². The second-order valence-electron chi connectivity index (χ2n) is 9.33. The molecule has 0 spiro atoms. The second-order valence-corrected chi connectivity index (χ2v) is 9.33.